The summed E-state index contributed by atoms with van der Waals surface area (Å²) in [6.45, 7) is 2.12. The predicted octanol–water partition coefficient (Wildman–Crippen LogP) is 2.74. The van der Waals surface area contributed by atoms with E-state index in [0.717, 1.165) is 11.3 Å². The molecule has 5 nitrogen and oxygen atoms in total. The SMILES string of the molecule is CS[C@@H](C)c1cccc(NC(=O)c2nccnc2N)c1. The van der Waals surface area contributed by atoms with Crippen molar-refractivity contribution < 1.29 is 4.79 Å². The van der Waals surface area contributed by atoms with Crippen molar-refractivity contribution in [2.24, 2.45) is 0 Å². The first-order valence-corrected chi connectivity index (χ1v) is 7.41. The molecule has 6 heteroatoms. The highest BCUT2D eigenvalue weighted by Crippen LogP contribution is 2.27. The number of anilines is 2. The molecular weight excluding hydrogens is 272 g/mol. The number of carbonyl (C=O) groups is 1. The van der Waals surface area contributed by atoms with Crippen LogP contribution >= 0.6 is 11.8 Å². The molecule has 0 unspecified atom stereocenters. The molecule has 20 heavy (non-hydrogen) atoms. The molecule has 1 aromatic heterocycles. The van der Waals surface area contributed by atoms with Crippen molar-refractivity contribution in [3.63, 3.8) is 0 Å². The van der Waals surface area contributed by atoms with Crippen LogP contribution in [-0.4, -0.2) is 22.1 Å². The van der Waals surface area contributed by atoms with Gasteiger partial charge in [0, 0.05) is 23.3 Å². The molecule has 2 aromatic rings. The van der Waals surface area contributed by atoms with Crippen molar-refractivity contribution in [3.8, 4) is 0 Å². The molecule has 0 saturated heterocycles. The van der Waals surface area contributed by atoms with Gasteiger partial charge in [-0.2, -0.15) is 11.8 Å². The summed E-state index contributed by atoms with van der Waals surface area (Å²) in [5, 5.41) is 3.16. The molecule has 1 amide bonds. The van der Waals surface area contributed by atoms with Gasteiger partial charge in [-0.15, -0.1) is 0 Å². The molecule has 0 radical (unpaired) electrons. The number of benzene rings is 1. The maximum absolute atomic E-state index is 12.1. The number of hydrogen-bond acceptors (Lipinski definition) is 5. The van der Waals surface area contributed by atoms with Crippen LogP contribution in [0.2, 0.25) is 0 Å². The molecule has 2 rings (SSSR count). The molecule has 0 aliphatic carbocycles. The fraction of sp³-hybridized carbons (Fsp3) is 0.214. The zero-order valence-corrected chi connectivity index (χ0v) is 12.1. The highest BCUT2D eigenvalue weighted by atomic mass is 32.2. The molecule has 0 aliphatic rings. The summed E-state index contributed by atoms with van der Waals surface area (Å²) in [7, 11) is 0. The lowest BCUT2D eigenvalue weighted by atomic mass is 10.1. The van der Waals surface area contributed by atoms with Gasteiger partial charge in [0.2, 0.25) is 0 Å². The van der Waals surface area contributed by atoms with Gasteiger partial charge in [-0.1, -0.05) is 12.1 Å². The Morgan fingerprint density at radius 3 is 2.80 bits per heavy atom. The second-order valence-corrected chi connectivity index (χ2v) is 5.43. The van der Waals surface area contributed by atoms with E-state index in [9.17, 15) is 4.79 Å². The second-order valence-electron chi connectivity index (χ2n) is 4.25. The number of aromatic nitrogens is 2. The Hall–Kier alpha value is -2.08. The standard InChI is InChI=1S/C14H16N4OS/c1-9(20-2)10-4-3-5-11(8-10)18-14(19)12-13(15)17-7-6-16-12/h3-9H,1-2H3,(H2,15,17)(H,18,19)/t9-/m0/s1. The third-order valence-electron chi connectivity index (χ3n) is 2.91. The summed E-state index contributed by atoms with van der Waals surface area (Å²) in [5.41, 5.74) is 7.65. The fourth-order valence-corrected chi connectivity index (χ4v) is 2.14. The van der Waals surface area contributed by atoms with Gasteiger partial charge in [0.25, 0.3) is 5.91 Å². The smallest absolute Gasteiger partial charge is 0.278 e. The van der Waals surface area contributed by atoms with Crippen molar-refractivity contribution in [2.45, 2.75) is 12.2 Å². The number of nitrogens with zero attached hydrogens (tertiary/aromatic N) is 2. The zero-order chi connectivity index (χ0) is 14.5. The molecule has 3 N–H and O–H groups in total. The molecule has 0 aliphatic heterocycles. The Morgan fingerprint density at radius 1 is 1.35 bits per heavy atom. The third kappa shape index (κ3) is 3.27. The highest BCUT2D eigenvalue weighted by Gasteiger charge is 2.12. The van der Waals surface area contributed by atoms with Crippen LogP contribution in [0.3, 0.4) is 0 Å². The minimum absolute atomic E-state index is 0.124. The summed E-state index contributed by atoms with van der Waals surface area (Å²) in [6, 6.07) is 7.73. The minimum atomic E-state index is -0.357. The molecule has 0 fully saturated rings. The van der Waals surface area contributed by atoms with Gasteiger partial charge in [-0.05, 0) is 30.9 Å². The van der Waals surface area contributed by atoms with E-state index in [2.05, 4.69) is 28.5 Å². The third-order valence-corrected chi connectivity index (χ3v) is 3.89. The van der Waals surface area contributed by atoms with Crippen LogP contribution in [-0.2, 0) is 0 Å². The van der Waals surface area contributed by atoms with Crippen molar-refractivity contribution >= 4 is 29.2 Å². The summed E-state index contributed by atoms with van der Waals surface area (Å²) >= 11 is 1.75. The quantitative estimate of drug-likeness (QED) is 0.904. The van der Waals surface area contributed by atoms with E-state index in [4.69, 9.17) is 5.73 Å². The van der Waals surface area contributed by atoms with E-state index in [-0.39, 0.29) is 17.4 Å². The lowest BCUT2D eigenvalue weighted by Gasteiger charge is -2.11. The lowest BCUT2D eigenvalue weighted by molar-refractivity contribution is 0.102. The van der Waals surface area contributed by atoms with Crippen molar-refractivity contribution in [2.75, 3.05) is 17.3 Å². The number of nitrogen functional groups attached to an aromatic ring is 1. The summed E-state index contributed by atoms with van der Waals surface area (Å²) in [6.07, 6.45) is 4.94. The van der Waals surface area contributed by atoms with Gasteiger partial charge in [0.1, 0.15) is 0 Å². The number of thioether (sulfide) groups is 1. The Balaban J connectivity index is 2.18. The zero-order valence-electron chi connectivity index (χ0n) is 11.3. The topological polar surface area (TPSA) is 80.9 Å². The summed E-state index contributed by atoms with van der Waals surface area (Å²) in [4.78, 5) is 19.9. The largest absolute Gasteiger partial charge is 0.382 e. The number of rotatable bonds is 4. The Kier molecular flexibility index (Phi) is 4.57. The van der Waals surface area contributed by atoms with Crippen LogP contribution in [0.15, 0.2) is 36.7 Å². The van der Waals surface area contributed by atoms with Gasteiger partial charge in [0.05, 0.1) is 0 Å². The maximum Gasteiger partial charge on any atom is 0.278 e. The average molecular weight is 288 g/mol. The van der Waals surface area contributed by atoms with Crippen LogP contribution in [0, 0.1) is 0 Å². The van der Waals surface area contributed by atoms with E-state index in [1.54, 1.807) is 11.8 Å². The second kappa shape index (κ2) is 6.38. The lowest BCUT2D eigenvalue weighted by Crippen LogP contribution is -2.16. The van der Waals surface area contributed by atoms with Crippen molar-refractivity contribution in [1.82, 2.24) is 9.97 Å². The van der Waals surface area contributed by atoms with Crippen LogP contribution in [0.4, 0.5) is 11.5 Å². The van der Waals surface area contributed by atoms with Crippen LogP contribution in [0.1, 0.15) is 28.2 Å². The van der Waals surface area contributed by atoms with Gasteiger partial charge >= 0.3 is 0 Å². The van der Waals surface area contributed by atoms with Crippen LogP contribution in [0.5, 0.6) is 0 Å². The molecular formula is C14H16N4OS. The molecule has 0 bridgehead atoms. The number of amides is 1. The Bertz CT molecular complexity index is 618. The number of hydrogen-bond donors (Lipinski definition) is 2. The molecule has 0 saturated carbocycles. The van der Waals surface area contributed by atoms with Gasteiger partial charge in [-0.25, -0.2) is 9.97 Å². The molecule has 0 spiro atoms. The normalized spacial score (nSPS) is 11.9. The Morgan fingerprint density at radius 2 is 2.10 bits per heavy atom. The summed E-state index contributed by atoms with van der Waals surface area (Å²) < 4.78 is 0. The Labute approximate surface area is 122 Å². The first-order chi connectivity index (χ1) is 9.61. The van der Waals surface area contributed by atoms with E-state index >= 15 is 0 Å². The predicted molar refractivity (Wildman–Crippen MR) is 82.8 cm³/mol. The van der Waals surface area contributed by atoms with E-state index in [0.29, 0.717) is 5.25 Å². The molecule has 1 heterocycles. The average Bonchev–Trinajstić information content (AvgIpc) is 2.47. The van der Waals surface area contributed by atoms with Crippen LogP contribution in [0.25, 0.3) is 0 Å². The molecule has 1 aromatic carbocycles. The van der Waals surface area contributed by atoms with E-state index in [1.807, 2.05) is 24.3 Å². The highest BCUT2D eigenvalue weighted by molar-refractivity contribution is 7.98. The first-order valence-electron chi connectivity index (χ1n) is 6.12. The maximum atomic E-state index is 12.1. The van der Waals surface area contributed by atoms with Crippen molar-refractivity contribution in [1.29, 1.82) is 0 Å². The number of nitrogens with one attached hydrogen (secondary N) is 1. The van der Waals surface area contributed by atoms with Gasteiger partial charge in [0.15, 0.2) is 11.5 Å². The van der Waals surface area contributed by atoms with Crippen LogP contribution < -0.4 is 11.1 Å². The number of nitrogens with two attached hydrogens (primary N) is 1. The van der Waals surface area contributed by atoms with E-state index in [1.165, 1.54) is 12.4 Å². The fourth-order valence-electron chi connectivity index (χ4n) is 1.72. The number of carbonyl (C=O) groups excluding carboxylic acids is 1. The van der Waals surface area contributed by atoms with E-state index < -0.39 is 0 Å². The van der Waals surface area contributed by atoms with Crippen molar-refractivity contribution in [3.05, 3.63) is 47.9 Å². The first kappa shape index (κ1) is 14.3. The minimum Gasteiger partial charge on any atom is -0.382 e. The van der Waals surface area contributed by atoms with Gasteiger partial charge in [-0.3, -0.25) is 4.79 Å². The summed E-state index contributed by atoms with van der Waals surface area (Å²) in [5.74, 6) is -0.233. The molecule has 104 valence electrons. The monoisotopic (exact) mass is 288 g/mol. The molecule has 1 atom stereocenters. The van der Waals surface area contributed by atoms with Gasteiger partial charge < -0.3 is 11.1 Å².